The summed E-state index contributed by atoms with van der Waals surface area (Å²) in [6.07, 6.45) is 2.19. The van der Waals surface area contributed by atoms with E-state index >= 15 is 0 Å². The minimum Gasteiger partial charge on any atom is -0.469 e. The van der Waals surface area contributed by atoms with Crippen LogP contribution in [0.5, 0.6) is 0 Å². The Bertz CT molecular complexity index is 564. The van der Waals surface area contributed by atoms with E-state index in [1.165, 1.54) is 7.11 Å². The number of nitrogens with zero attached hydrogens (tertiary/aromatic N) is 2. The van der Waals surface area contributed by atoms with Crippen molar-refractivity contribution >= 4 is 22.6 Å². The van der Waals surface area contributed by atoms with Gasteiger partial charge in [-0.2, -0.15) is 0 Å². The molecule has 0 N–H and O–H groups in total. The highest BCUT2D eigenvalue weighted by Crippen LogP contribution is 2.25. The first kappa shape index (κ1) is 13.3. The molecule has 0 saturated carbocycles. The molecule has 0 atom stereocenters. The summed E-state index contributed by atoms with van der Waals surface area (Å²) in [5.74, 6) is -0.184. The maximum Gasteiger partial charge on any atom is 0.307 e. The van der Waals surface area contributed by atoms with Crippen molar-refractivity contribution in [3.05, 3.63) is 36.5 Å². The van der Waals surface area contributed by atoms with Crippen molar-refractivity contribution in [1.29, 1.82) is 0 Å². The van der Waals surface area contributed by atoms with Gasteiger partial charge in [0.25, 0.3) is 0 Å². The lowest BCUT2D eigenvalue weighted by Crippen LogP contribution is -2.26. The Balaban J connectivity index is 2.27. The van der Waals surface area contributed by atoms with Gasteiger partial charge in [-0.15, -0.1) is 0 Å². The number of carbonyl (C=O) groups is 1. The molecular formula is C15H18N2O2. The zero-order valence-electron chi connectivity index (χ0n) is 11.3. The molecule has 0 aliphatic carbocycles. The van der Waals surface area contributed by atoms with Gasteiger partial charge in [-0.25, -0.2) is 0 Å². The predicted molar refractivity (Wildman–Crippen MR) is 76.3 cm³/mol. The Morgan fingerprint density at radius 2 is 2.11 bits per heavy atom. The number of para-hydroxylation sites is 1. The number of rotatable bonds is 5. The van der Waals surface area contributed by atoms with Crippen molar-refractivity contribution in [2.24, 2.45) is 0 Å². The summed E-state index contributed by atoms with van der Waals surface area (Å²) in [6.45, 7) is 3.56. The van der Waals surface area contributed by atoms with Crippen molar-refractivity contribution in [1.82, 2.24) is 4.98 Å². The van der Waals surface area contributed by atoms with Crippen LogP contribution in [0.3, 0.4) is 0 Å². The molecule has 1 aromatic heterocycles. The van der Waals surface area contributed by atoms with Gasteiger partial charge in [0, 0.05) is 30.4 Å². The number of benzene rings is 1. The van der Waals surface area contributed by atoms with Gasteiger partial charge in [-0.1, -0.05) is 18.2 Å². The van der Waals surface area contributed by atoms with Crippen molar-refractivity contribution in [2.75, 3.05) is 25.1 Å². The normalized spacial score (nSPS) is 10.4. The van der Waals surface area contributed by atoms with Crippen LogP contribution in [0.2, 0.25) is 0 Å². The summed E-state index contributed by atoms with van der Waals surface area (Å²) in [6, 6.07) is 10.0. The quantitative estimate of drug-likeness (QED) is 0.773. The molecule has 0 aliphatic heterocycles. The molecule has 0 radical (unpaired) electrons. The van der Waals surface area contributed by atoms with Crippen LogP contribution < -0.4 is 4.90 Å². The largest absolute Gasteiger partial charge is 0.469 e. The number of hydrogen-bond acceptors (Lipinski definition) is 4. The fourth-order valence-corrected chi connectivity index (χ4v) is 2.13. The first-order valence-corrected chi connectivity index (χ1v) is 6.41. The highest BCUT2D eigenvalue weighted by molar-refractivity contribution is 5.91. The molecular weight excluding hydrogens is 240 g/mol. The number of methoxy groups -OCH3 is 1. The van der Waals surface area contributed by atoms with E-state index in [1.807, 2.05) is 24.3 Å². The summed E-state index contributed by atoms with van der Waals surface area (Å²) in [5, 5.41) is 1.11. The zero-order chi connectivity index (χ0) is 13.7. The Hall–Kier alpha value is -2.10. The van der Waals surface area contributed by atoms with Gasteiger partial charge in [-0.05, 0) is 19.1 Å². The molecule has 0 aliphatic rings. The molecule has 100 valence electrons. The van der Waals surface area contributed by atoms with Gasteiger partial charge in [-0.3, -0.25) is 9.78 Å². The summed E-state index contributed by atoms with van der Waals surface area (Å²) in [4.78, 5) is 17.8. The first-order valence-electron chi connectivity index (χ1n) is 6.41. The van der Waals surface area contributed by atoms with Gasteiger partial charge in [0.15, 0.2) is 0 Å². The number of ether oxygens (including phenoxy) is 1. The SMILES string of the molecule is CCN(CCC(=O)OC)c1ccnc2ccccc12. The third-order valence-electron chi connectivity index (χ3n) is 3.16. The van der Waals surface area contributed by atoms with Crippen molar-refractivity contribution < 1.29 is 9.53 Å². The van der Waals surface area contributed by atoms with Crippen molar-refractivity contribution in [2.45, 2.75) is 13.3 Å². The second-order valence-corrected chi connectivity index (χ2v) is 4.25. The van der Waals surface area contributed by atoms with E-state index in [2.05, 4.69) is 22.9 Å². The van der Waals surface area contributed by atoms with Gasteiger partial charge in [0.1, 0.15) is 0 Å². The lowest BCUT2D eigenvalue weighted by atomic mass is 10.1. The lowest BCUT2D eigenvalue weighted by molar-refractivity contribution is -0.140. The molecule has 4 nitrogen and oxygen atoms in total. The number of pyridine rings is 1. The Kier molecular flexibility index (Phi) is 4.34. The molecule has 1 heterocycles. The van der Waals surface area contributed by atoms with E-state index in [4.69, 9.17) is 4.74 Å². The van der Waals surface area contributed by atoms with Crippen LogP contribution in [-0.4, -0.2) is 31.2 Å². The average Bonchev–Trinajstić information content (AvgIpc) is 2.47. The predicted octanol–water partition coefficient (Wildman–Crippen LogP) is 2.62. The summed E-state index contributed by atoms with van der Waals surface area (Å²) >= 11 is 0. The van der Waals surface area contributed by atoms with E-state index in [1.54, 1.807) is 6.20 Å². The van der Waals surface area contributed by atoms with Crippen LogP contribution in [0.15, 0.2) is 36.5 Å². The molecule has 0 fully saturated rings. The second kappa shape index (κ2) is 6.18. The molecule has 0 amide bonds. The number of aromatic nitrogens is 1. The van der Waals surface area contributed by atoms with Gasteiger partial charge in [0.05, 0.1) is 19.0 Å². The third kappa shape index (κ3) is 3.02. The van der Waals surface area contributed by atoms with Crippen LogP contribution in [0.25, 0.3) is 10.9 Å². The van der Waals surface area contributed by atoms with Gasteiger partial charge >= 0.3 is 5.97 Å². The summed E-state index contributed by atoms with van der Waals surface area (Å²) in [7, 11) is 1.42. The third-order valence-corrected chi connectivity index (χ3v) is 3.16. The second-order valence-electron chi connectivity index (χ2n) is 4.25. The molecule has 0 saturated heterocycles. The Morgan fingerprint density at radius 3 is 2.84 bits per heavy atom. The minimum atomic E-state index is -0.184. The first-order chi connectivity index (χ1) is 9.26. The van der Waals surface area contributed by atoms with Crippen molar-refractivity contribution in [3.8, 4) is 0 Å². The summed E-state index contributed by atoms with van der Waals surface area (Å²) in [5.41, 5.74) is 2.08. The summed E-state index contributed by atoms with van der Waals surface area (Å²) < 4.78 is 4.69. The van der Waals surface area contributed by atoms with E-state index in [0.29, 0.717) is 13.0 Å². The Morgan fingerprint density at radius 1 is 1.32 bits per heavy atom. The van der Waals surface area contributed by atoms with Gasteiger partial charge < -0.3 is 9.64 Å². The molecule has 0 spiro atoms. The molecule has 2 aromatic rings. The molecule has 0 bridgehead atoms. The van der Waals surface area contributed by atoms with E-state index in [0.717, 1.165) is 23.1 Å². The number of fused-ring (bicyclic) bond motifs is 1. The number of carbonyl (C=O) groups excluding carboxylic acids is 1. The fraction of sp³-hybridized carbons (Fsp3) is 0.333. The lowest BCUT2D eigenvalue weighted by Gasteiger charge is -2.23. The smallest absolute Gasteiger partial charge is 0.307 e. The van der Waals surface area contributed by atoms with Crippen LogP contribution in [-0.2, 0) is 9.53 Å². The highest BCUT2D eigenvalue weighted by atomic mass is 16.5. The number of esters is 1. The van der Waals surface area contributed by atoms with Crippen LogP contribution >= 0.6 is 0 Å². The minimum absolute atomic E-state index is 0.184. The van der Waals surface area contributed by atoms with E-state index in [-0.39, 0.29) is 5.97 Å². The average molecular weight is 258 g/mol. The zero-order valence-corrected chi connectivity index (χ0v) is 11.3. The van der Waals surface area contributed by atoms with Crippen molar-refractivity contribution in [3.63, 3.8) is 0 Å². The molecule has 0 unspecified atom stereocenters. The fourth-order valence-electron chi connectivity index (χ4n) is 2.13. The standard InChI is InChI=1S/C15H18N2O2/c1-3-17(11-9-15(18)19-2)14-8-10-16-13-7-5-4-6-12(13)14/h4-8,10H,3,9,11H2,1-2H3. The molecule has 19 heavy (non-hydrogen) atoms. The maximum absolute atomic E-state index is 11.3. The van der Waals surface area contributed by atoms with Crippen LogP contribution in [0, 0.1) is 0 Å². The molecule has 1 aromatic carbocycles. The molecule has 2 rings (SSSR count). The van der Waals surface area contributed by atoms with Crippen LogP contribution in [0.1, 0.15) is 13.3 Å². The maximum atomic E-state index is 11.3. The highest BCUT2D eigenvalue weighted by Gasteiger charge is 2.10. The number of hydrogen-bond donors (Lipinski definition) is 0. The molecule has 4 heteroatoms. The van der Waals surface area contributed by atoms with Gasteiger partial charge in [0.2, 0.25) is 0 Å². The topological polar surface area (TPSA) is 42.4 Å². The monoisotopic (exact) mass is 258 g/mol. The Labute approximate surface area is 113 Å². The van der Waals surface area contributed by atoms with E-state index in [9.17, 15) is 4.79 Å². The number of anilines is 1. The van der Waals surface area contributed by atoms with E-state index < -0.39 is 0 Å². The van der Waals surface area contributed by atoms with Crippen LogP contribution in [0.4, 0.5) is 5.69 Å².